The van der Waals surface area contributed by atoms with E-state index in [9.17, 15) is 14.3 Å². The van der Waals surface area contributed by atoms with Gasteiger partial charge in [-0.2, -0.15) is 0 Å². The maximum Gasteiger partial charge on any atom is 0.189 e. The van der Waals surface area contributed by atoms with Crippen LogP contribution < -0.4 is 9.47 Å². The molecule has 0 spiro atoms. The first-order chi connectivity index (χ1) is 10.5. The monoisotopic (exact) mass is 302 g/mol. The van der Waals surface area contributed by atoms with Crippen molar-refractivity contribution < 1.29 is 23.8 Å². The smallest absolute Gasteiger partial charge is 0.189 e. The Bertz CT molecular complexity index is 705. The Morgan fingerprint density at radius 1 is 1.09 bits per heavy atom. The van der Waals surface area contributed by atoms with E-state index in [1.54, 1.807) is 12.1 Å². The average molecular weight is 302 g/mol. The molecule has 0 saturated carbocycles. The van der Waals surface area contributed by atoms with Crippen LogP contribution >= 0.6 is 0 Å². The van der Waals surface area contributed by atoms with Gasteiger partial charge < -0.3 is 14.6 Å². The van der Waals surface area contributed by atoms with Gasteiger partial charge in [0, 0.05) is 6.07 Å². The van der Waals surface area contributed by atoms with Gasteiger partial charge in [-0.25, -0.2) is 4.39 Å². The molecule has 0 aliphatic heterocycles. The predicted octanol–water partition coefficient (Wildman–Crippen LogP) is 3.44. The minimum absolute atomic E-state index is 0.0935. The van der Waals surface area contributed by atoms with Crippen molar-refractivity contribution in [3.63, 3.8) is 0 Å². The number of halogens is 1. The molecule has 0 aromatic heterocycles. The van der Waals surface area contributed by atoms with E-state index in [0.29, 0.717) is 17.1 Å². The second-order valence-electron chi connectivity index (χ2n) is 4.47. The van der Waals surface area contributed by atoms with E-state index >= 15 is 0 Å². The van der Waals surface area contributed by atoms with Crippen molar-refractivity contribution >= 4 is 11.9 Å². The van der Waals surface area contributed by atoms with E-state index in [4.69, 9.17) is 9.47 Å². The lowest BCUT2D eigenvalue weighted by atomic mass is 10.1. The Labute approximate surface area is 127 Å². The van der Waals surface area contributed by atoms with Crippen LogP contribution in [0, 0.1) is 5.82 Å². The molecular formula is C17H15FO4. The van der Waals surface area contributed by atoms with Crippen molar-refractivity contribution in [2.75, 3.05) is 14.2 Å². The SMILES string of the molecule is COc1cc(O)c(C(=O)/C=C/c2ccc(F)cc2)cc1OC. The van der Waals surface area contributed by atoms with Gasteiger partial charge in [-0.15, -0.1) is 0 Å². The highest BCUT2D eigenvalue weighted by molar-refractivity contribution is 6.09. The average Bonchev–Trinajstić information content (AvgIpc) is 2.53. The van der Waals surface area contributed by atoms with Gasteiger partial charge in [0.15, 0.2) is 17.3 Å². The number of phenolic OH excluding ortho intramolecular Hbond substituents is 1. The number of ether oxygens (including phenoxy) is 2. The van der Waals surface area contributed by atoms with Crippen LogP contribution in [-0.4, -0.2) is 25.1 Å². The summed E-state index contributed by atoms with van der Waals surface area (Å²) >= 11 is 0. The van der Waals surface area contributed by atoms with Gasteiger partial charge in [0.25, 0.3) is 0 Å². The Hall–Kier alpha value is -2.82. The maximum absolute atomic E-state index is 12.8. The van der Waals surface area contributed by atoms with Gasteiger partial charge in [-0.3, -0.25) is 4.79 Å². The zero-order chi connectivity index (χ0) is 16.1. The third-order valence-electron chi connectivity index (χ3n) is 3.06. The predicted molar refractivity (Wildman–Crippen MR) is 81.0 cm³/mol. The van der Waals surface area contributed by atoms with Gasteiger partial charge in [0.05, 0.1) is 19.8 Å². The zero-order valence-corrected chi connectivity index (χ0v) is 12.2. The van der Waals surface area contributed by atoms with Crippen LogP contribution in [0.25, 0.3) is 6.08 Å². The number of phenols is 1. The number of ketones is 1. The Morgan fingerprint density at radius 3 is 2.27 bits per heavy atom. The van der Waals surface area contributed by atoms with E-state index in [0.717, 1.165) is 0 Å². The van der Waals surface area contributed by atoms with Gasteiger partial charge in [-0.05, 0) is 29.8 Å². The minimum Gasteiger partial charge on any atom is -0.507 e. The van der Waals surface area contributed by atoms with Crippen molar-refractivity contribution in [3.8, 4) is 17.2 Å². The molecule has 4 nitrogen and oxygen atoms in total. The van der Waals surface area contributed by atoms with E-state index in [2.05, 4.69) is 0 Å². The lowest BCUT2D eigenvalue weighted by Gasteiger charge is -2.10. The first-order valence-corrected chi connectivity index (χ1v) is 6.48. The largest absolute Gasteiger partial charge is 0.507 e. The van der Waals surface area contributed by atoms with Crippen LogP contribution in [0.2, 0.25) is 0 Å². The van der Waals surface area contributed by atoms with Gasteiger partial charge >= 0.3 is 0 Å². The number of hydrogen-bond acceptors (Lipinski definition) is 4. The second kappa shape index (κ2) is 6.76. The summed E-state index contributed by atoms with van der Waals surface area (Å²) in [5.74, 6) is -0.270. The minimum atomic E-state index is -0.400. The van der Waals surface area contributed by atoms with Crippen LogP contribution in [0.5, 0.6) is 17.2 Å². The molecule has 0 radical (unpaired) electrons. The first kappa shape index (κ1) is 15.6. The van der Waals surface area contributed by atoms with Crippen molar-refractivity contribution in [2.24, 2.45) is 0 Å². The Kier molecular flexibility index (Phi) is 4.78. The molecule has 0 aliphatic carbocycles. The van der Waals surface area contributed by atoms with E-state index in [1.807, 2.05) is 0 Å². The van der Waals surface area contributed by atoms with E-state index in [-0.39, 0.29) is 17.1 Å². The van der Waals surface area contributed by atoms with Gasteiger partial charge in [0.1, 0.15) is 11.6 Å². The summed E-state index contributed by atoms with van der Waals surface area (Å²) < 4.78 is 23.0. The Balaban J connectivity index is 2.27. The number of methoxy groups -OCH3 is 2. The van der Waals surface area contributed by atoms with Gasteiger partial charge in [-0.1, -0.05) is 18.2 Å². The molecule has 22 heavy (non-hydrogen) atoms. The molecule has 0 aliphatic rings. The summed E-state index contributed by atoms with van der Waals surface area (Å²) in [6, 6.07) is 8.43. The topological polar surface area (TPSA) is 55.8 Å². The normalized spacial score (nSPS) is 10.7. The fourth-order valence-corrected chi connectivity index (χ4v) is 1.90. The summed E-state index contributed by atoms with van der Waals surface area (Å²) in [5, 5.41) is 9.91. The van der Waals surface area contributed by atoms with Crippen molar-refractivity contribution in [2.45, 2.75) is 0 Å². The summed E-state index contributed by atoms with van der Waals surface area (Å²) in [4.78, 5) is 12.2. The van der Waals surface area contributed by atoms with Crippen molar-refractivity contribution in [1.82, 2.24) is 0 Å². The molecule has 0 saturated heterocycles. The molecule has 0 fully saturated rings. The first-order valence-electron chi connectivity index (χ1n) is 6.48. The molecule has 0 heterocycles. The molecular weight excluding hydrogens is 287 g/mol. The van der Waals surface area contributed by atoms with Crippen LogP contribution in [0.1, 0.15) is 15.9 Å². The number of allylic oxidation sites excluding steroid dienone is 1. The van der Waals surface area contributed by atoms with Crippen LogP contribution in [0.4, 0.5) is 4.39 Å². The molecule has 0 amide bonds. The fraction of sp³-hybridized carbons (Fsp3) is 0.118. The number of carbonyl (C=O) groups is 1. The zero-order valence-electron chi connectivity index (χ0n) is 12.2. The molecule has 5 heteroatoms. The Morgan fingerprint density at radius 2 is 1.68 bits per heavy atom. The summed E-state index contributed by atoms with van der Waals surface area (Å²) in [5.41, 5.74) is 0.769. The van der Waals surface area contributed by atoms with Crippen molar-refractivity contribution in [1.29, 1.82) is 0 Å². The van der Waals surface area contributed by atoms with Crippen LogP contribution in [0.3, 0.4) is 0 Å². The number of carbonyl (C=O) groups excluding carboxylic acids is 1. The third kappa shape index (κ3) is 3.44. The molecule has 2 aromatic carbocycles. The molecule has 0 atom stereocenters. The molecule has 2 aromatic rings. The standard InChI is InChI=1S/C17H15FO4/c1-21-16-9-13(15(20)10-17(16)22-2)14(19)8-5-11-3-6-12(18)7-4-11/h3-10,20H,1-2H3/b8-5+. The fourth-order valence-electron chi connectivity index (χ4n) is 1.90. The second-order valence-corrected chi connectivity index (χ2v) is 4.47. The highest BCUT2D eigenvalue weighted by Gasteiger charge is 2.14. The van der Waals surface area contributed by atoms with Crippen LogP contribution in [0.15, 0.2) is 42.5 Å². The summed E-state index contributed by atoms with van der Waals surface area (Å²) in [6.07, 6.45) is 2.84. The number of aromatic hydroxyl groups is 1. The van der Waals surface area contributed by atoms with E-state index < -0.39 is 5.78 Å². The number of hydrogen-bond donors (Lipinski definition) is 1. The lowest BCUT2D eigenvalue weighted by Crippen LogP contribution is -1.98. The van der Waals surface area contributed by atoms with Gasteiger partial charge in [0.2, 0.25) is 0 Å². The lowest BCUT2D eigenvalue weighted by molar-refractivity contribution is 0.104. The van der Waals surface area contributed by atoms with Crippen LogP contribution in [-0.2, 0) is 0 Å². The highest BCUT2D eigenvalue weighted by Crippen LogP contribution is 2.34. The maximum atomic E-state index is 12.8. The van der Waals surface area contributed by atoms with Crippen molar-refractivity contribution in [3.05, 3.63) is 59.4 Å². The number of rotatable bonds is 5. The molecule has 1 N–H and O–H groups in total. The van der Waals surface area contributed by atoms with E-state index in [1.165, 1.54) is 50.6 Å². The molecule has 0 unspecified atom stereocenters. The summed E-state index contributed by atoms with van der Waals surface area (Å²) in [7, 11) is 2.88. The molecule has 114 valence electrons. The highest BCUT2D eigenvalue weighted by atomic mass is 19.1. The summed E-state index contributed by atoms with van der Waals surface area (Å²) in [6.45, 7) is 0. The third-order valence-corrected chi connectivity index (χ3v) is 3.06. The number of benzene rings is 2. The molecule has 0 bridgehead atoms. The molecule has 2 rings (SSSR count). The quantitative estimate of drug-likeness (QED) is 0.679.